The normalized spacial score (nSPS) is 15.5. The van der Waals surface area contributed by atoms with Crippen LogP contribution in [0.2, 0.25) is 5.02 Å². The van der Waals surface area contributed by atoms with E-state index in [-0.39, 0.29) is 17.7 Å². The first kappa shape index (κ1) is 19.1. The smallest absolute Gasteiger partial charge is 0.273 e. The van der Waals surface area contributed by atoms with Crippen LogP contribution < -0.4 is 4.74 Å². The van der Waals surface area contributed by atoms with Crippen LogP contribution in [0.25, 0.3) is 11.3 Å². The molecule has 0 saturated carbocycles. The van der Waals surface area contributed by atoms with Crippen molar-refractivity contribution in [2.24, 2.45) is 0 Å². The molecule has 1 aliphatic heterocycles. The summed E-state index contributed by atoms with van der Waals surface area (Å²) in [5.41, 5.74) is 3.75. The Labute approximate surface area is 173 Å². The molecule has 0 radical (unpaired) electrons. The van der Waals surface area contributed by atoms with Gasteiger partial charge in [0, 0.05) is 22.7 Å². The fraction of sp³-hybridized carbons (Fsp3) is 0.182. The third kappa shape index (κ3) is 3.06. The van der Waals surface area contributed by atoms with Crippen molar-refractivity contribution >= 4 is 17.5 Å². The minimum absolute atomic E-state index is 0.0595. The molecule has 1 aromatic heterocycles. The van der Waals surface area contributed by atoms with Crippen molar-refractivity contribution in [1.29, 1.82) is 0 Å². The Morgan fingerprint density at radius 3 is 2.72 bits per heavy atom. The van der Waals surface area contributed by atoms with Crippen LogP contribution in [0, 0.1) is 6.92 Å². The van der Waals surface area contributed by atoms with Gasteiger partial charge in [0.15, 0.2) is 0 Å². The van der Waals surface area contributed by atoms with Gasteiger partial charge in [0.1, 0.15) is 22.9 Å². The Morgan fingerprint density at radius 1 is 1.34 bits per heavy atom. The van der Waals surface area contributed by atoms with E-state index in [1.165, 1.54) is 0 Å². The van der Waals surface area contributed by atoms with E-state index in [2.05, 4.69) is 16.8 Å². The van der Waals surface area contributed by atoms with E-state index in [1.807, 2.05) is 31.2 Å². The number of carbonyl (C=O) groups is 1. The molecule has 2 heterocycles. The number of rotatable bonds is 5. The fourth-order valence-electron chi connectivity index (χ4n) is 3.72. The van der Waals surface area contributed by atoms with Crippen LogP contribution in [0.15, 0.2) is 49.1 Å². The lowest BCUT2D eigenvalue weighted by atomic mass is 9.95. The summed E-state index contributed by atoms with van der Waals surface area (Å²) in [7, 11) is 1.61. The highest BCUT2D eigenvalue weighted by atomic mass is 35.5. The number of halogens is 1. The van der Waals surface area contributed by atoms with Crippen LogP contribution in [0.1, 0.15) is 33.2 Å². The minimum atomic E-state index is -0.380. The van der Waals surface area contributed by atoms with Crippen LogP contribution in [-0.4, -0.2) is 39.8 Å². The Hall–Kier alpha value is -3.25. The monoisotopic (exact) mass is 409 g/mol. The molecule has 1 amide bonds. The van der Waals surface area contributed by atoms with Gasteiger partial charge in [0.05, 0.1) is 13.2 Å². The van der Waals surface area contributed by atoms with Crippen molar-refractivity contribution in [2.75, 3.05) is 13.7 Å². The van der Waals surface area contributed by atoms with Gasteiger partial charge in [-0.05, 0) is 42.3 Å². The van der Waals surface area contributed by atoms with Gasteiger partial charge in [-0.15, -0.1) is 6.58 Å². The Bertz CT molecular complexity index is 1110. The number of aromatic amines is 1. The van der Waals surface area contributed by atoms with Crippen LogP contribution >= 0.6 is 11.6 Å². The van der Waals surface area contributed by atoms with Gasteiger partial charge in [0.25, 0.3) is 5.91 Å². The van der Waals surface area contributed by atoms with Crippen LogP contribution in [-0.2, 0) is 0 Å². The molecular formula is C22H20ClN3O3. The number of aromatic nitrogens is 2. The summed E-state index contributed by atoms with van der Waals surface area (Å²) in [4.78, 5) is 14.8. The largest absolute Gasteiger partial charge is 0.507 e. The van der Waals surface area contributed by atoms with Gasteiger partial charge in [-0.3, -0.25) is 9.89 Å². The summed E-state index contributed by atoms with van der Waals surface area (Å²) >= 11 is 6.29. The number of hydrogen-bond acceptors (Lipinski definition) is 4. The van der Waals surface area contributed by atoms with Gasteiger partial charge >= 0.3 is 0 Å². The van der Waals surface area contributed by atoms with Crippen LogP contribution in [0.3, 0.4) is 0 Å². The standard InChI is InChI=1S/C22H20ClN3O3/c1-4-9-26-21(13-5-7-14(29-3)8-6-13)18-19(24-25-20(18)22(26)28)15-11-16(23)12(2)10-17(15)27/h4-8,10-11,21,27H,1,9H2,2-3H3,(H,24,25). The maximum atomic E-state index is 13.0. The molecule has 0 fully saturated rings. The molecular weight excluding hydrogens is 390 g/mol. The molecule has 6 nitrogen and oxygen atoms in total. The molecule has 148 valence electrons. The van der Waals surface area contributed by atoms with Crippen molar-refractivity contribution in [2.45, 2.75) is 13.0 Å². The lowest BCUT2D eigenvalue weighted by molar-refractivity contribution is 0.0764. The van der Waals surface area contributed by atoms with Crippen molar-refractivity contribution < 1.29 is 14.6 Å². The molecule has 2 N–H and O–H groups in total. The summed E-state index contributed by atoms with van der Waals surface area (Å²) in [6.07, 6.45) is 1.69. The van der Waals surface area contributed by atoms with Gasteiger partial charge in [-0.2, -0.15) is 5.10 Å². The molecule has 1 unspecified atom stereocenters. The number of ether oxygens (including phenoxy) is 1. The first-order chi connectivity index (χ1) is 14.0. The number of amides is 1. The molecule has 29 heavy (non-hydrogen) atoms. The number of H-pyrrole nitrogens is 1. The number of fused-ring (bicyclic) bond motifs is 1. The number of aromatic hydroxyl groups is 1. The fourth-order valence-corrected chi connectivity index (χ4v) is 3.88. The molecule has 1 atom stereocenters. The third-order valence-electron chi connectivity index (χ3n) is 5.15. The molecule has 1 aliphatic rings. The van der Waals surface area contributed by atoms with Crippen molar-refractivity contribution in [3.8, 4) is 22.8 Å². The zero-order chi connectivity index (χ0) is 20.7. The molecule has 0 aliphatic carbocycles. The molecule has 0 bridgehead atoms. The van der Waals surface area contributed by atoms with Crippen molar-refractivity contribution in [1.82, 2.24) is 15.1 Å². The number of hydrogen-bond donors (Lipinski definition) is 2. The number of nitrogens with zero attached hydrogens (tertiary/aromatic N) is 2. The summed E-state index contributed by atoms with van der Waals surface area (Å²) in [5, 5.41) is 18.3. The van der Waals surface area contributed by atoms with Crippen LogP contribution in [0.5, 0.6) is 11.5 Å². The minimum Gasteiger partial charge on any atom is -0.507 e. The second-order valence-corrected chi connectivity index (χ2v) is 7.31. The molecule has 3 aromatic rings. The highest BCUT2D eigenvalue weighted by Gasteiger charge is 2.42. The molecule has 2 aromatic carbocycles. The Morgan fingerprint density at radius 2 is 2.07 bits per heavy atom. The number of aryl methyl sites for hydroxylation is 1. The number of benzene rings is 2. The predicted molar refractivity (Wildman–Crippen MR) is 112 cm³/mol. The van der Waals surface area contributed by atoms with Crippen molar-refractivity contribution in [3.05, 3.63) is 76.5 Å². The highest BCUT2D eigenvalue weighted by Crippen LogP contribution is 2.45. The van der Waals surface area contributed by atoms with E-state index in [1.54, 1.807) is 30.2 Å². The second kappa shape index (κ2) is 7.29. The quantitative estimate of drug-likeness (QED) is 0.609. The number of phenolic OH excluding ortho intramolecular Hbond substituents is 1. The third-order valence-corrected chi connectivity index (χ3v) is 5.56. The Balaban J connectivity index is 1.91. The molecule has 0 spiro atoms. The zero-order valence-corrected chi connectivity index (χ0v) is 16.8. The van der Waals surface area contributed by atoms with Gasteiger partial charge < -0.3 is 14.7 Å². The maximum Gasteiger partial charge on any atom is 0.273 e. The summed E-state index contributed by atoms with van der Waals surface area (Å²) in [5.74, 6) is 0.616. The molecule has 4 rings (SSSR count). The lowest BCUT2D eigenvalue weighted by Crippen LogP contribution is -2.29. The van der Waals surface area contributed by atoms with E-state index in [0.717, 1.165) is 16.9 Å². The predicted octanol–water partition coefficient (Wildman–Crippen LogP) is 4.48. The first-order valence-electron chi connectivity index (χ1n) is 9.09. The van der Waals surface area contributed by atoms with E-state index >= 15 is 0 Å². The number of carbonyl (C=O) groups excluding carboxylic acids is 1. The SMILES string of the molecule is C=CCN1C(=O)c2[nH]nc(-c3cc(Cl)c(C)cc3O)c2C1c1ccc(OC)cc1. The lowest BCUT2D eigenvalue weighted by Gasteiger charge is -2.25. The van der Waals surface area contributed by atoms with E-state index < -0.39 is 0 Å². The number of methoxy groups -OCH3 is 1. The van der Waals surface area contributed by atoms with E-state index in [4.69, 9.17) is 16.3 Å². The van der Waals surface area contributed by atoms with Gasteiger partial charge in [-0.25, -0.2) is 0 Å². The molecule has 7 heteroatoms. The number of phenols is 1. The topological polar surface area (TPSA) is 78.5 Å². The maximum absolute atomic E-state index is 13.0. The average Bonchev–Trinajstić information content (AvgIpc) is 3.25. The summed E-state index contributed by atoms with van der Waals surface area (Å²) in [6, 6.07) is 10.4. The summed E-state index contributed by atoms with van der Waals surface area (Å²) < 4.78 is 5.25. The highest BCUT2D eigenvalue weighted by molar-refractivity contribution is 6.31. The van der Waals surface area contributed by atoms with Gasteiger partial charge in [-0.1, -0.05) is 29.8 Å². The van der Waals surface area contributed by atoms with Crippen LogP contribution in [0.4, 0.5) is 0 Å². The van der Waals surface area contributed by atoms with Gasteiger partial charge in [0.2, 0.25) is 0 Å². The number of nitrogens with one attached hydrogen (secondary N) is 1. The second-order valence-electron chi connectivity index (χ2n) is 6.90. The summed E-state index contributed by atoms with van der Waals surface area (Å²) in [6.45, 7) is 5.97. The average molecular weight is 410 g/mol. The van der Waals surface area contributed by atoms with Crippen molar-refractivity contribution in [3.63, 3.8) is 0 Å². The first-order valence-corrected chi connectivity index (χ1v) is 9.47. The van der Waals surface area contributed by atoms with E-state index in [9.17, 15) is 9.90 Å². The molecule has 0 saturated heterocycles. The Kier molecular flexibility index (Phi) is 4.80. The zero-order valence-electron chi connectivity index (χ0n) is 16.1. The van der Waals surface area contributed by atoms with E-state index in [0.29, 0.717) is 34.1 Å².